The molecule has 2 atom stereocenters. The Hall–Kier alpha value is -0.680. The maximum absolute atomic E-state index is 11.7. The second-order valence-electron chi connectivity index (χ2n) is 5.40. The second kappa shape index (κ2) is 5.75. The van der Waals surface area contributed by atoms with E-state index in [-0.39, 0.29) is 5.25 Å². The Labute approximate surface area is 119 Å². The lowest BCUT2D eigenvalue weighted by Gasteiger charge is -2.27. The summed E-state index contributed by atoms with van der Waals surface area (Å²) in [6.45, 7) is 2.05. The van der Waals surface area contributed by atoms with Gasteiger partial charge < -0.3 is 5.73 Å². The lowest BCUT2D eigenvalue weighted by atomic mass is 10.00. The summed E-state index contributed by atoms with van der Waals surface area (Å²) in [5.74, 6) is 0. The van der Waals surface area contributed by atoms with Crippen molar-refractivity contribution in [2.24, 2.45) is 0 Å². The van der Waals surface area contributed by atoms with E-state index in [9.17, 15) is 8.42 Å². The Bertz CT molecular complexity index is 555. The van der Waals surface area contributed by atoms with E-state index in [0.29, 0.717) is 5.25 Å². The first-order valence-electron chi connectivity index (χ1n) is 6.58. The average molecular weight is 299 g/mol. The minimum Gasteiger partial charge on any atom is -0.398 e. The molecular formula is C14H21NO2S2. The molecule has 0 aliphatic heterocycles. The maximum atomic E-state index is 11.7. The highest BCUT2D eigenvalue weighted by atomic mass is 32.2. The lowest BCUT2D eigenvalue weighted by Crippen LogP contribution is -2.28. The SMILES string of the molecule is Cc1ccc(N)c(SC2CCCC(S(C)(=O)=O)C2)c1. The van der Waals surface area contributed by atoms with Crippen molar-refractivity contribution in [3.05, 3.63) is 23.8 Å². The molecule has 0 saturated heterocycles. The Kier molecular flexibility index (Phi) is 4.46. The lowest BCUT2D eigenvalue weighted by molar-refractivity contribution is 0.495. The molecule has 0 bridgehead atoms. The molecule has 19 heavy (non-hydrogen) atoms. The van der Waals surface area contributed by atoms with E-state index in [1.807, 2.05) is 19.1 Å². The van der Waals surface area contributed by atoms with Crippen LogP contribution < -0.4 is 5.73 Å². The molecule has 1 aliphatic carbocycles. The highest BCUT2D eigenvalue weighted by Gasteiger charge is 2.29. The fourth-order valence-corrected chi connectivity index (χ4v) is 5.25. The number of hydrogen-bond acceptors (Lipinski definition) is 4. The Balaban J connectivity index is 2.09. The molecule has 2 rings (SSSR count). The van der Waals surface area contributed by atoms with Gasteiger partial charge in [-0.05, 0) is 43.9 Å². The van der Waals surface area contributed by atoms with Gasteiger partial charge in [-0.1, -0.05) is 12.5 Å². The fraction of sp³-hybridized carbons (Fsp3) is 0.571. The number of thioether (sulfide) groups is 1. The number of benzene rings is 1. The van der Waals surface area contributed by atoms with Crippen LogP contribution in [-0.2, 0) is 9.84 Å². The first kappa shape index (κ1) is 14.7. The number of aryl methyl sites for hydroxylation is 1. The van der Waals surface area contributed by atoms with Crippen molar-refractivity contribution in [3.63, 3.8) is 0 Å². The van der Waals surface area contributed by atoms with Gasteiger partial charge in [0.25, 0.3) is 0 Å². The van der Waals surface area contributed by atoms with Crippen LogP contribution >= 0.6 is 11.8 Å². The van der Waals surface area contributed by atoms with Crippen LogP contribution in [0.1, 0.15) is 31.2 Å². The van der Waals surface area contributed by atoms with Crippen molar-refractivity contribution >= 4 is 27.3 Å². The summed E-state index contributed by atoms with van der Waals surface area (Å²) in [5.41, 5.74) is 7.96. The third-order valence-corrected chi connectivity index (χ3v) is 6.65. The minimum absolute atomic E-state index is 0.176. The van der Waals surface area contributed by atoms with E-state index < -0.39 is 9.84 Å². The van der Waals surface area contributed by atoms with Crippen LogP contribution in [-0.4, -0.2) is 25.2 Å². The summed E-state index contributed by atoms with van der Waals surface area (Å²) in [5, 5.41) is 0.183. The predicted molar refractivity (Wildman–Crippen MR) is 82.3 cm³/mol. The maximum Gasteiger partial charge on any atom is 0.150 e. The van der Waals surface area contributed by atoms with Crippen molar-refractivity contribution in [1.29, 1.82) is 0 Å². The second-order valence-corrected chi connectivity index (χ2v) is 9.07. The molecule has 1 aromatic carbocycles. The van der Waals surface area contributed by atoms with Gasteiger partial charge in [-0.2, -0.15) is 0 Å². The molecule has 0 amide bonds. The summed E-state index contributed by atoms with van der Waals surface area (Å²) in [6, 6.07) is 6.01. The van der Waals surface area contributed by atoms with Crippen LogP contribution in [0.2, 0.25) is 0 Å². The van der Waals surface area contributed by atoms with Gasteiger partial charge in [-0.3, -0.25) is 0 Å². The number of nitrogens with two attached hydrogens (primary N) is 1. The monoisotopic (exact) mass is 299 g/mol. The first-order chi connectivity index (χ1) is 8.86. The van der Waals surface area contributed by atoms with E-state index in [4.69, 9.17) is 5.73 Å². The molecule has 3 nitrogen and oxygen atoms in total. The highest BCUT2D eigenvalue weighted by molar-refractivity contribution is 8.00. The Morgan fingerprint density at radius 3 is 2.74 bits per heavy atom. The molecule has 0 aromatic heterocycles. The van der Waals surface area contributed by atoms with Crippen LogP contribution in [0.15, 0.2) is 23.1 Å². The molecule has 2 N–H and O–H groups in total. The van der Waals surface area contributed by atoms with Crippen molar-refractivity contribution < 1.29 is 8.42 Å². The smallest absolute Gasteiger partial charge is 0.150 e. The van der Waals surface area contributed by atoms with E-state index in [0.717, 1.165) is 36.3 Å². The van der Waals surface area contributed by atoms with Gasteiger partial charge in [0.05, 0.1) is 5.25 Å². The van der Waals surface area contributed by atoms with Crippen molar-refractivity contribution in [3.8, 4) is 0 Å². The number of sulfone groups is 1. The van der Waals surface area contributed by atoms with Crippen molar-refractivity contribution in [1.82, 2.24) is 0 Å². The number of hydrogen-bond donors (Lipinski definition) is 1. The minimum atomic E-state index is -2.91. The molecule has 2 unspecified atom stereocenters. The van der Waals surface area contributed by atoms with Gasteiger partial charge in [-0.25, -0.2) is 8.42 Å². The van der Waals surface area contributed by atoms with Crippen LogP contribution in [0, 0.1) is 6.92 Å². The third kappa shape index (κ3) is 3.89. The zero-order valence-corrected chi connectivity index (χ0v) is 13.1. The van der Waals surface area contributed by atoms with Gasteiger partial charge >= 0.3 is 0 Å². The summed E-state index contributed by atoms with van der Waals surface area (Å²) < 4.78 is 23.3. The van der Waals surface area contributed by atoms with Gasteiger partial charge in [0, 0.05) is 22.1 Å². The van der Waals surface area contributed by atoms with Gasteiger partial charge in [0.15, 0.2) is 0 Å². The average Bonchev–Trinajstić information content (AvgIpc) is 2.33. The largest absolute Gasteiger partial charge is 0.398 e. The molecule has 1 aliphatic rings. The van der Waals surface area contributed by atoms with Crippen LogP contribution in [0.25, 0.3) is 0 Å². The zero-order valence-electron chi connectivity index (χ0n) is 11.4. The topological polar surface area (TPSA) is 60.2 Å². The molecule has 0 heterocycles. The molecule has 1 saturated carbocycles. The van der Waals surface area contributed by atoms with E-state index in [1.54, 1.807) is 11.8 Å². The molecule has 1 aromatic rings. The van der Waals surface area contributed by atoms with E-state index >= 15 is 0 Å². The fourth-order valence-electron chi connectivity index (χ4n) is 2.52. The zero-order chi connectivity index (χ0) is 14.0. The summed E-state index contributed by atoms with van der Waals surface area (Å²) in [4.78, 5) is 1.08. The van der Waals surface area contributed by atoms with Gasteiger partial charge in [0.1, 0.15) is 9.84 Å². The highest BCUT2D eigenvalue weighted by Crippen LogP contribution is 2.38. The molecule has 0 radical (unpaired) electrons. The Morgan fingerprint density at radius 2 is 2.05 bits per heavy atom. The standard InChI is InChI=1S/C14H21NO2S2/c1-10-6-7-13(15)14(8-10)18-11-4-3-5-12(9-11)19(2,16)17/h6-8,11-12H,3-5,9,15H2,1-2H3. The molecule has 106 valence electrons. The van der Waals surface area contributed by atoms with E-state index in [2.05, 4.69) is 6.07 Å². The summed E-state index contributed by atoms with van der Waals surface area (Å²) in [6.07, 6.45) is 4.97. The van der Waals surface area contributed by atoms with Crippen LogP contribution in [0.5, 0.6) is 0 Å². The van der Waals surface area contributed by atoms with Crippen molar-refractivity contribution in [2.45, 2.75) is 48.0 Å². The molecule has 5 heteroatoms. The summed E-state index contributed by atoms with van der Waals surface area (Å²) in [7, 11) is -2.91. The van der Waals surface area contributed by atoms with Crippen LogP contribution in [0.4, 0.5) is 5.69 Å². The number of nitrogen functional groups attached to an aromatic ring is 1. The van der Waals surface area contributed by atoms with Crippen molar-refractivity contribution in [2.75, 3.05) is 12.0 Å². The predicted octanol–water partition coefficient (Wildman–Crippen LogP) is 3.03. The normalized spacial score (nSPS) is 24.3. The number of anilines is 1. The van der Waals surface area contributed by atoms with Gasteiger partial charge in [-0.15, -0.1) is 11.8 Å². The van der Waals surface area contributed by atoms with E-state index in [1.165, 1.54) is 11.8 Å². The first-order valence-corrected chi connectivity index (χ1v) is 9.41. The third-order valence-electron chi connectivity index (χ3n) is 3.65. The van der Waals surface area contributed by atoms with Gasteiger partial charge in [0.2, 0.25) is 0 Å². The Morgan fingerprint density at radius 1 is 1.32 bits per heavy atom. The molecule has 1 fully saturated rings. The molecule has 0 spiro atoms. The van der Waals surface area contributed by atoms with Crippen LogP contribution in [0.3, 0.4) is 0 Å². The quantitative estimate of drug-likeness (QED) is 0.872. The molecular weight excluding hydrogens is 278 g/mol. The summed E-state index contributed by atoms with van der Waals surface area (Å²) >= 11 is 1.74. The number of rotatable bonds is 3.